The summed E-state index contributed by atoms with van der Waals surface area (Å²) in [5, 5.41) is 11.0. The number of allylic oxidation sites excluding steroid dienone is 1. The van der Waals surface area contributed by atoms with Crippen LogP contribution in [-0.4, -0.2) is 40.2 Å². The summed E-state index contributed by atoms with van der Waals surface area (Å²) in [6.07, 6.45) is 6.15. The van der Waals surface area contributed by atoms with Crippen LogP contribution >= 0.6 is 11.8 Å². The Morgan fingerprint density at radius 2 is 2.13 bits per heavy atom. The number of nitrogens with one attached hydrogen (secondary N) is 2. The van der Waals surface area contributed by atoms with Gasteiger partial charge in [-0.15, -0.1) is 11.8 Å². The van der Waals surface area contributed by atoms with Crippen LogP contribution in [0, 0.1) is 5.41 Å². The van der Waals surface area contributed by atoms with Crippen LogP contribution in [0.5, 0.6) is 5.75 Å². The summed E-state index contributed by atoms with van der Waals surface area (Å²) >= 11 is 1.74. The maximum absolute atomic E-state index is 12.7. The van der Waals surface area contributed by atoms with Gasteiger partial charge in [-0.05, 0) is 30.9 Å². The maximum atomic E-state index is 12.7. The van der Waals surface area contributed by atoms with Crippen LogP contribution in [0.25, 0.3) is 27.6 Å². The van der Waals surface area contributed by atoms with E-state index in [4.69, 9.17) is 10.1 Å². The fourth-order valence-corrected chi connectivity index (χ4v) is 3.87. The molecule has 3 rings (SSSR count). The van der Waals surface area contributed by atoms with Gasteiger partial charge in [0.25, 0.3) is 5.56 Å². The van der Waals surface area contributed by atoms with Crippen molar-refractivity contribution in [2.45, 2.75) is 18.7 Å². The molecule has 8 heteroatoms. The molecule has 2 N–H and O–H groups in total. The highest BCUT2D eigenvalue weighted by molar-refractivity contribution is 7.99. The highest BCUT2D eigenvalue weighted by atomic mass is 32.2. The third-order valence-electron chi connectivity index (χ3n) is 4.48. The number of benzene rings is 1. The lowest BCUT2D eigenvalue weighted by Crippen LogP contribution is -2.18. The number of aromatic nitrogens is 3. The van der Waals surface area contributed by atoms with Gasteiger partial charge in [0.05, 0.1) is 23.1 Å². The van der Waals surface area contributed by atoms with Gasteiger partial charge in [0.2, 0.25) is 0 Å². The summed E-state index contributed by atoms with van der Waals surface area (Å²) in [5.74, 6) is 2.06. The second-order valence-electron chi connectivity index (χ2n) is 6.47. The Morgan fingerprint density at radius 1 is 1.33 bits per heavy atom. The molecule has 0 aliphatic rings. The highest BCUT2D eigenvalue weighted by Gasteiger charge is 2.17. The molecule has 3 aromatic rings. The summed E-state index contributed by atoms with van der Waals surface area (Å²) in [4.78, 5) is 22.9. The summed E-state index contributed by atoms with van der Waals surface area (Å²) in [7, 11) is 3.46. The van der Waals surface area contributed by atoms with Crippen LogP contribution in [0.1, 0.15) is 19.7 Å². The van der Waals surface area contributed by atoms with Crippen molar-refractivity contribution in [1.29, 1.82) is 5.41 Å². The van der Waals surface area contributed by atoms with Crippen LogP contribution in [0.4, 0.5) is 0 Å². The molecule has 0 saturated carbocycles. The second-order valence-corrected chi connectivity index (χ2v) is 7.81. The molecule has 0 spiro atoms. The van der Waals surface area contributed by atoms with Crippen molar-refractivity contribution in [3.63, 3.8) is 0 Å². The minimum atomic E-state index is -0.175. The summed E-state index contributed by atoms with van der Waals surface area (Å²) in [6.45, 7) is 4.57. The molecular weight excluding hydrogens is 398 g/mol. The van der Waals surface area contributed by atoms with E-state index >= 15 is 0 Å². The predicted octanol–water partition coefficient (Wildman–Crippen LogP) is 3.72. The van der Waals surface area contributed by atoms with Crippen LogP contribution < -0.4 is 15.6 Å². The van der Waals surface area contributed by atoms with Gasteiger partial charge in [0, 0.05) is 54.9 Å². The Morgan fingerprint density at radius 3 is 2.80 bits per heavy atom. The molecule has 0 radical (unpaired) electrons. The second kappa shape index (κ2) is 9.58. The number of ether oxygens (including phenoxy) is 1. The summed E-state index contributed by atoms with van der Waals surface area (Å²) < 4.78 is 7.42. The van der Waals surface area contributed by atoms with Crippen molar-refractivity contribution in [3.8, 4) is 16.9 Å². The third-order valence-corrected chi connectivity index (χ3v) is 5.36. The van der Waals surface area contributed by atoms with Gasteiger partial charge >= 0.3 is 0 Å². The van der Waals surface area contributed by atoms with Crippen molar-refractivity contribution >= 4 is 34.5 Å². The average Bonchev–Trinajstić information content (AvgIpc) is 2.75. The molecule has 0 aliphatic heterocycles. The maximum Gasteiger partial charge on any atom is 0.261 e. The molecule has 2 heterocycles. The molecule has 0 bridgehead atoms. The first-order chi connectivity index (χ1) is 14.5. The Labute approximate surface area is 179 Å². The van der Waals surface area contributed by atoms with E-state index in [0.29, 0.717) is 28.9 Å². The van der Waals surface area contributed by atoms with Crippen molar-refractivity contribution in [2.24, 2.45) is 7.05 Å². The first-order valence-corrected chi connectivity index (χ1v) is 10.7. The van der Waals surface area contributed by atoms with Gasteiger partial charge in [-0.2, -0.15) is 0 Å². The third kappa shape index (κ3) is 4.23. The number of pyridine rings is 1. The fraction of sp³-hybridized carbons (Fsp3) is 0.273. The van der Waals surface area contributed by atoms with E-state index in [9.17, 15) is 4.79 Å². The number of fused-ring (bicyclic) bond motifs is 1. The number of hydrogen-bond donors (Lipinski definition) is 2. The minimum absolute atomic E-state index is 0.175. The Bertz CT molecular complexity index is 1170. The number of nitrogens with zero attached hydrogens (tertiary/aromatic N) is 3. The summed E-state index contributed by atoms with van der Waals surface area (Å²) in [6, 6.07) is 6.07. The monoisotopic (exact) mass is 423 g/mol. The van der Waals surface area contributed by atoms with Crippen molar-refractivity contribution in [1.82, 2.24) is 19.9 Å². The molecule has 1 aromatic carbocycles. The molecule has 0 atom stereocenters. The molecule has 156 valence electrons. The van der Waals surface area contributed by atoms with E-state index in [0.717, 1.165) is 27.5 Å². The fourth-order valence-electron chi connectivity index (χ4n) is 3.17. The van der Waals surface area contributed by atoms with Gasteiger partial charge in [0.1, 0.15) is 5.75 Å². The van der Waals surface area contributed by atoms with Crippen molar-refractivity contribution in [2.75, 3.05) is 19.4 Å². The zero-order valence-corrected chi connectivity index (χ0v) is 18.3. The average molecular weight is 424 g/mol. The topological polar surface area (TPSA) is 92.9 Å². The molecule has 0 saturated heterocycles. The van der Waals surface area contributed by atoms with E-state index < -0.39 is 0 Å². The minimum Gasteiger partial charge on any atom is -0.493 e. The lowest BCUT2D eigenvalue weighted by Gasteiger charge is -2.15. The van der Waals surface area contributed by atoms with Crippen LogP contribution in [0.15, 0.2) is 46.5 Å². The first kappa shape index (κ1) is 21.6. The van der Waals surface area contributed by atoms with E-state index in [1.165, 1.54) is 17.0 Å². The number of thioether (sulfide) groups is 1. The lowest BCUT2D eigenvalue weighted by atomic mass is 10.0. The molecule has 0 aliphatic carbocycles. The van der Waals surface area contributed by atoms with E-state index in [-0.39, 0.29) is 5.56 Å². The zero-order valence-electron chi connectivity index (χ0n) is 17.5. The number of hydrogen-bond acceptors (Lipinski definition) is 7. The summed E-state index contributed by atoms with van der Waals surface area (Å²) in [5.41, 5.74) is 2.53. The highest BCUT2D eigenvalue weighted by Crippen LogP contribution is 2.36. The van der Waals surface area contributed by atoms with Crippen molar-refractivity contribution < 1.29 is 4.74 Å². The molecule has 0 unspecified atom stereocenters. The first-order valence-electron chi connectivity index (χ1n) is 9.68. The molecule has 7 nitrogen and oxygen atoms in total. The SMILES string of the molecule is CCOc1ccc(SCC)cc1-c1cn(C)c(=O)c2cnc(/C(C=N)=C/NC)nc12. The molecule has 0 amide bonds. The largest absolute Gasteiger partial charge is 0.493 e. The molecular formula is C22H25N5O2S. The lowest BCUT2D eigenvalue weighted by molar-refractivity contribution is 0.341. The van der Waals surface area contributed by atoms with E-state index in [1.54, 1.807) is 38.3 Å². The van der Waals surface area contributed by atoms with Gasteiger partial charge < -0.3 is 20.0 Å². The van der Waals surface area contributed by atoms with E-state index in [2.05, 4.69) is 28.3 Å². The van der Waals surface area contributed by atoms with Gasteiger partial charge in [-0.3, -0.25) is 4.79 Å². The quantitative estimate of drug-likeness (QED) is 0.424. The van der Waals surface area contributed by atoms with Crippen LogP contribution in [0.3, 0.4) is 0 Å². The predicted molar refractivity (Wildman–Crippen MR) is 124 cm³/mol. The van der Waals surface area contributed by atoms with Gasteiger partial charge in [-0.25, -0.2) is 9.97 Å². The Hall–Kier alpha value is -3.13. The van der Waals surface area contributed by atoms with Gasteiger partial charge in [-0.1, -0.05) is 6.92 Å². The van der Waals surface area contributed by atoms with Crippen molar-refractivity contribution in [3.05, 3.63) is 53.0 Å². The van der Waals surface area contributed by atoms with Gasteiger partial charge in [0.15, 0.2) is 5.82 Å². The number of aryl methyl sites for hydroxylation is 1. The van der Waals surface area contributed by atoms with E-state index in [1.807, 2.05) is 19.1 Å². The Balaban J connectivity index is 2.36. The standard InChI is InChI=1S/C22H25N5O2S/c1-5-29-19-8-7-15(30-6-2)9-16(19)18-13-27(4)22(28)17-12-25-21(26-20(17)18)14(10-23)11-24-3/h7-13,23-24H,5-6H2,1-4H3/b14-11+,23-10?. The molecule has 2 aromatic heterocycles. The van der Waals surface area contributed by atoms with Crippen LogP contribution in [-0.2, 0) is 7.05 Å². The number of rotatable bonds is 8. The smallest absolute Gasteiger partial charge is 0.261 e. The zero-order chi connectivity index (χ0) is 21.7. The molecule has 30 heavy (non-hydrogen) atoms. The normalized spacial score (nSPS) is 11.5. The van der Waals surface area contributed by atoms with Crippen LogP contribution in [0.2, 0.25) is 0 Å². The molecule has 0 fully saturated rings. The Kier molecular flexibility index (Phi) is 6.89.